The molecule has 2 aliphatic heterocycles. The maximum atomic E-state index is 14.3. The Balaban J connectivity index is 1.39. The number of pyridine rings is 1. The first kappa shape index (κ1) is 26.7. The molecule has 1 amide bonds. The molecular weight excluding hydrogens is 509 g/mol. The number of nitrogens with one attached hydrogen (secondary N) is 2. The summed E-state index contributed by atoms with van der Waals surface area (Å²) >= 11 is 0. The van der Waals surface area contributed by atoms with Gasteiger partial charge in [-0.3, -0.25) is 14.7 Å². The summed E-state index contributed by atoms with van der Waals surface area (Å²) in [7, 11) is 1.86. The van der Waals surface area contributed by atoms with Crippen molar-refractivity contribution < 1.29 is 13.9 Å². The summed E-state index contributed by atoms with van der Waals surface area (Å²) < 4.78 is 21.8. The van der Waals surface area contributed by atoms with E-state index in [1.165, 1.54) is 17.3 Å². The van der Waals surface area contributed by atoms with Crippen molar-refractivity contribution in [1.82, 2.24) is 29.7 Å². The molecule has 1 saturated carbocycles. The van der Waals surface area contributed by atoms with Crippen LogP contribution in [-0.2, 0) is 18.5 Å². The third kappa shape index (κ3) is 4.94. The van der Waals surface area contributed by atoms with Gasteiger partial charge < -0.3 is 24.8 Å². The monoisotopic (exact) mass is 547 g/mol. The largest absolute Gasteiger partial charge is 0.491 e. The third-order valence-electron chi connectivity index (χ3n) is 8.56. The third-order valence-corrected chi connectivity index (χ3v) is 8.56. The molecule has 0 bridgehead atoms. The van der Waals surface area contributed by atoms with Crippen molar-refractivity contribution in [2.45, 2.75) is 51.2 Å². The fourth-order valence-electron chi connectivity index (χ4n) is 6.34. The Morgan fingerprint density at radius 2 is 1.98 bits per heavy atom. The zero-order chi connectivity index (χ0) is 27.9. The second-order valence-electron chi connectivity index (χ2n) is 11.2. The number of imidazole rings is 1. The van der Waals surface area contributed by atoms with E-state index in [1.807, 2.05) is 32.0 Å². The lowest BCUT2D eigenvalue weighted by molar-refractivity contribution is 0.0632. The number of fused-ring (bicyclic) bond motifs is 2. The van der Waals surface area contributed by atoms with E-state index in [9.17, 15) is 9.18 Å². The van der Waals surface area contributed by atoms with Crippen LogP contribution in [0.15, 0.2) is 36.8 Å². The van der Waals surface area contributed by atoms with Gasteiger partial charge in [0, 0.05) is 75.8 Å². The smallest absolute Gasteiger partial charge is 0.254 e. The molecule has 0 unspecified atom stereocenters. The predicted molar refractivity (Wildman–Crippen MR) is 151 cm³/mol. The molecular formula is C30H38FN7O2. The molecule has 1 aliphatic carbocycles. The van der Waals surface area contributed by atoms with Gasteiger partial charge in [-0.25, -0.2) is 9.37 Å². The topological polar surface area (TPSA) is 87.5 Å². The van der Waals surface area contributed by atoms with Crippen molar-refractivity contribution >= 4 is 11.9 Å². The van der Waals surface area contributed by atoms with Gasteiger partial charge in [0.15, 0.2) is 11.6 Å². The molecule has 2 aromatic heterocycles. The highest BCUT2D eigenvalue weighted by atomic mass is 19.1. The van der Waals surface area contributed by atoms with Crippen molar-refractivity contribution in [3.05, 3.63) is 70.6 Å². The summed E-state index contributed by atoms with van der Waals surface area (Å²) in [5.41, 5.74) is 4.94. The van der Waals surface area contributed by atoms with E-state index in [2.05, 4.69) is 42.2 Å². The van der Waals surface area contributed by atoms with Gasteiger partial charge in [-0.1, -0.05) is 6.07 Å². The van der Waals surface area contributed by atoms with Crippen molar-refractivity contribution in [1.29, 1.82) is 0 Å². The minimum absolute atomic E-state index is 0.00647. The lowest BCUT2D eigenvalue weighted by Gasteiger charge is -2.40. The first-order valence-electron chi connectivity index (χ1n) is 14.3. The van der Waals surface area contributed by atoms with Gasteiger partial charge in [-0.2, -0.15) is 0 Å². The Labute approximate surface area is 234 Å². The zero-order valence-electron chi connectivity index (χ0n) is 23.5. The molecule has 212 valence electrons. The average molecular weight is 548 g/mol. The van der Waals surface area contributed by atoms with Crippen LogP contribution in [0.25, 0.3) is 0 Å². The SMILES string of the molecule is CCOc1cc([C@H](C)N2CC3(CC3)c3c(CN4CCNCC4)cc(Cn4ccnc4NC)cc3C2=O)ncc1F. The van der Waals surface area contributed by atoms with Gasteiger partial charge in [0.05, 0.1) is 31.1 Å². The van der Waals surface area contributed by atoms with Crippen molar-refractivity contribution in [2.75, 3.05) is 51.7 Å². The van der Waals surface area contributed by atoms with Crippen LogP contribution >= 0.6 is 0 Å². The highest BCUT2D eigenvalue weighted by molar-refractivity contribution is 5.98. The minimum Gasteiger partial charge on any atom is -0.491 e. The molecule has 4 heterocycles. The lowest BCUT2D eigenvalue weighted by Crippen LogP contribution is -2.46. The number of halogens is 1. The molecule has 2 N–H and O–H groups in total. The Hall–Kier alpha value is -3.50. The van der Waals surface area contributed by atoms with Crippen molar-refractivity contribution in [2.24, 2.45) is 0 Å². The van der Waals surface area contributed by atoms with E-state index in [-0.39, 0.29) is 23.1 Å². The Morgan fingerprint density at radius 3 is 2.70 bits per heavy atom. The van der Waals surface area contributed by atoms with Crippen molar-refractivity contribution in [3.63, 3.8) is 0 Å². The molecule has 3 aliphatic rings. The van der Waals surface area contributed by atoms with Gasteiger partial charge in [-0.15, -0.1) is 0 Å². The number of amides is 1. The van der Waals surface area contributed by atoms with Gasteiger partial charge in [0.2, 0.25) is 5.95 Å². The second kappa shape index (κ2) is 10.8. The van der Waals surface area contributed by atoms with Crippen LogP contribution in [0.2, 0.25) is 0 Å². The molecule has 1 aromatic carbocycles. The molecule has 3 aromatic rings. The first-order chi connectivity index (χ1) is 19.4. The lowest BCUT2D eigenvalue weighted by atomic mass is 9.81. The van der Waals surface area contributed by atoms with E-state index in [4.69, 9.17) is 4.74 Å². The highest BCUT2D eigenvalue weighted by Gasteiger charge is 2.53. The number of benzene rings is 1. The van der Waals surface area contributed by atoms with Gasteiger partial charge >= 0.3 is 0 Å². The molecule has 9 nitrogen and oxygen atoms in total. The van der Waals surface area contributed by atoms with E-state index in [0.29, 0.717) is 25.4 Å². The summed E-state index contributed by atoms with van der Waals surface area (Å²) in [6, 6.07) is 5.71. The Bertz CT molecular complexity index is 1400. The summed E-state index contributed by atoms with van der Waals surface area (Å²) in [4.78, 5) is 27.5. The highest BCUT2D eigenvalue weighted by Crippen LogP contribution is 2.55. The number of carbonyl (C=O) groups is 1. The fraction of sp³-hybridized carbons (Fsp3) is 0.500. The normalized spacial score (nSPS) is 19.0. The first-order valence-corrected chi connectivity index (χ1v) is 14.3. The minimum atomic E-state index is -0.491. The van der Waals surface area contributed by atoms with Crippen LogP contribution in [0.3, 0.4) is 0 Å². The van der Waals surface area contributed by atoms with E-state index < -0.39 is 5.82 Å². The molecule has 1 spiro atoms. The molecule has 2 fully saturated rings. The van der Waals surface area contributed by atoms with Crippen molar-refractivity contribution in [3.8, 4) is 5.75 Å². The molecule has 10 heteroatoms. The number of carbonyl (C=O) groups excluding carboxylic acids is 1. The number of aromatic nitrogens is 3. The molecule has 0 radical (unpaired) electrons. The summed E-state index contributed by atoms with van der Waals surface area (Å²) in [6.07, 6.45) is 7.04. The number of rotatable bonds is 9. The molecule has 40 heavy (non-hydrogen) atoms. The average Bonchev–Trinajstić information content (AvgIpc) is 3.59. The van der Waals surface area contributed by atoms with Crippen LogP contribution in [0.1, 0.15) is 65.5 Å². The molecule has 1 atom stereocenters. The number of piperazine rings is 1. The van der Waals surface area contributed by atoms with E-state index >= 15 is 0 Å². The van der Waals surface area contributed by atoms with Gasteiger partial charge in [0.1, 0.15) is 0 Å². The Morgan fingerprint density at radius 1 is 1.18 bits per heavy atom. The van der Waals surface area contributed by atoms with Gasteiger partial charge in [-0.05, 0) is 49.4 Å². The summed E-state index contributed by atoms with van der Waals surface area (Å²) in [5, 5.41) is 6.59. The maximum absolute atomic E-state index is 14.3. The van der Waals surface area contributed by atoms with Crippen LogP contribution in [0.5, 0.6) is 5.75 Å². The molecule has 1 saturated heterocycles. The van der Waals surface area contributed by atoms with Crippen LogP contribution in [0.4, 0.5) is 10.3 Å². The summed E-state index contributed by atoms with van der Waals surface area (Å²) in [6.45, 7) is 10.2. The standard InChI is InChI=1S/C30H38FN7O2/c1-4-40-26-15-25(35-16-24(26)31)20(2)38-19-30(5-6-30)27-22(18-36-10-7-33-8-11-36)13-21(14-23(27)28(38)39)17-37-12-9-34-29(37)32-3/h9,12-16,20,33H,4-8,10-11,17-19H2,1-3H3,(H,32,34)/t20-/m0/s1. The van der Waals surface area contributed by atoms with Crippen LogP contribution < -0.4 is 15.4 Å². The summed E-state index contributed by atoms with van der Waals surface area (Å²) in [5.74, 6) is 0.474. The van der Waals surface area contributed by atoms with E-state index in [0.717, 1.165) is 62.6 Å². The number of hydrogen-bond acceptors (Lipinski definition) is 7. The quantitative estimate of drug-likeness (QED) is 0.424. The van der Waals surface area contributed by atoms with Crippen LogP contribution in [0, 0.1) is 5.82 Å². The van der Waals surface area contributed by atoms with Crippen LogP contribution in [-0.4, -0.2) is 76.6 Å². The Kier molecular flexibility index (Phi) is 7.22. The maximum Gasteiger partial charge on any atom is 0.254 e. The van der Waals surface area contributed by atoms with Gasteiger partial charge in [0.25, 0.3) is 5.91 Å². The number of nitrogens with zero attached hydrogens (tertiary/aromatic N) is 5. The second-order valence-corrected chi connectivity index (χ2v) is 11.2. The molecule has 6 rings (SSSR count). The number of anilines is 1. The fourth-order valence-corrected chi connectivity index (χ4v) is 6.34. The van der Waals surface area contributed by atoms with E-state index in [1.54, 1.807) is 12.3 Å². The zero-order valence-corrected chi connectivity index (χ0v) is 23.5. The number of hydrogen-bond donors (Lipinski definition) is 2. The number of ether oxygens (including phenoxy) is 1. The predicted octanol–water partition coefficient (Wildman–Crippen LogP) is 3.56.